The van der Waals surface area contributed by atoms with Gasteiger partial charge in [-0.25, -0.2) is 0 Å². The van der Waals surface area contributed by atoms with Crippen molar-refractivity contribution in [2.75, 3.05) is 32.8 Å². The molecule has 0 bridgehead atoms. The average Bonchev–Trinajstić information content (AvgIpc) is 2.69. The van der Waals surface area contributed by atoms with E-state index in [0.717, 1.165) is 32.7 Å². The smallest absolute Gasteiger partial charge is 0.220 e. The van der Waals surface area contributed by atoms with Crippen LogP contribution in [0.2, 0.25) is 0 Å². The topological polar surface area (TPSA) is 41.6 Å². The number of morpholine rings is 1. The number of benzene rings is 2. The lowest BCUT2D eigenvalue weighted by Crippen LogP contribution is -2.43. The third-order valence-electron chi connectivity index (χ3n) is 4.92. The molecule has 138 valence electrons. The highest BCUT2D eigenvalue weighted by atomic mass is 16.5. The monoisotopic (exact) mass is 352 g/mol. The minimum Gasteiger partial charge on any atom is -0.379 e. The van der Waals surface area contributed by atoms with Gasteiger partial charge in [-0.15, -0.1) is 0 Å². The Hall–Kier alpha value is -2.17. The van der Waals surface area contributed by atoms with Crippen LogP contribution in [-0.2, 0) is 16.0 Å². The van der Waals surface area contributed by atoms with E-state index in [9.17, 15) is 4.79 Å². The van der Waals surface area contributed by atoms with Crippen LogP contribution in [0.1, 0.15) is 29.2 Å². The van der Waals surface area contributed by atoms with Gasteiger partial charge in [0.25, 0.3) is 0 Å². The molecule has 1 fully saturated rings. The van der Waals surface area contributed by atoms with Gasteiger partial charge in [0.05, 0.1) is 19.3 Å². The quantitative estimate of drug-likeness (QED) is 0.832. The molecular weight excluding hydrogens is 324 g/mol. The molecule has 4 heteroatoms. The lowest BCUT2D eigenvalue weighted by Gasteiger charge is -2.35. The predicted octanol–water partition coefficient (Wildman–Crippen LogP) is 3.12. The van der Waals surface area contributed by atoms with Gasteiger partial charge in [0.2, 0.25) is 5.91 Å². The Balaban J connectivity index is 1.58. The number of carbonyl (C=O) groups excluding carboxylic acids is 1. The molecule has 1 amide bonds. The highest BCUT2D eigenvalue weighted by Gasteiger charge is 2.23. The molecule has 0 aliphatic carbocycles. The van der Waals surface area contributed by atoms with E-state index in [2.05, 4.69) is 53.5 Å². The molecular formula is C22H28N2O2. The largest absolute Gasteiger partial charge is 0.379 e. The molecule has 3 rings (SSSR count). The van der Waals surface area contributed by atoms with E-state index < -0.39 is 0 Å². The number of hydrogen-bond acceptors (Lipinski definition) is 3. The predicted molar refractivity (Wildman–Crippen MR) is 104 cm³/mol. The maximum Gasteiger partial charge on any atom is 0.220 e. The Morgan fingerprint density at radius 3 is 2.46 bits per heavy atom. The van der Waals surface area contributed by atoms with Gasteiger partial charge < -0.3 is 10.1 Å². The number of rotatable bonds is 7. The van der Waals surface area contributed by atoms with Crippen molar-refractivity contribution in [3.05, 3.63) is 71.3 Å². The molecule has 26 heavy (non-hydrogen) atoms. The summed E-state index contributed by atoms with van der Waals surface area (Å²) in [5.74, 6) is 0.110. The van der Waals surface area contributed by atoms with Crippen LogP contribution < -0.4 is 5.32 Å². The van der Waals surface area contributed by atoms with Crippen molar-refractivity contribution in [1.29, 1.82) is 0 Å². The summed E-state index contributed by atoms with van der Waals surface area (Å²) in [5.41, 5.74) is 3.70. The zero-order chi connectivity index (χ0) is 18.2. The third kappa shape index (κ3) is 5.41. The third-order valence-corrected chi connectivity index (χ3v) is 4.92. The zero-order valence-corrected chi connectivity index (χ0v) is 15.5. The van der Waals surface area contributed by atoms with Crippen LogP contribution in [0.4, 0.5) is 0 Å². The van der Waals surface area contributed by atoms with Gasteiger partial charge in [0, 0.05) is 26.1 Å². The summed E-state index contributed by atoms with van der Waals surface area (Å²) in [6.45, 7) is 6.04. The first-order valence-electron chi connectivity index (χ1n) is 9.41. The fourth-order valence-electron chi connectivity index (χ4n) is 3.34. The number of carbonyl (C=O) groups is 1. The van der Waals surface area contributed by atoms with E-state index in [1.54, 1.807) is 0 Å². The second-order valence-electron chi connectivity index (χ2n) is 6.86. The van der Waals surface area contributed by atoms with E-state index in [1.807, 2.05) is 18.2 Å². The number of hydrogen-bond donors (Lipinski definition) is 1. The van der Waals surface area contributed by atoms with Crippen LogP contribution >= 0.6 is 0 Å². The fourth-order valence-corrected chi connectivity index (χ4v) is 3.34. The lowest BCUT2D eigenvalue weighted by molar-refractivity contribution is -0.121. The molecule has 1 heterocycles. The van der Waals surface area contributed by atoms with Crippen LogP contribution in [0.25, 0.3) is 0 Å². The Kier molecular flexibility index (Phi) is 6.81. The number of aryl methyl sites for hydroxylation is 2. The zero-order valence-electron chi connectivity index (χ0n) is 15.5. The van der Waals surface area contributed by atoms with Crippen LogP contribution in [0.15, 0.2) is 54.6 Å². The van der Waals surface area contributed by atoms with Crippen LogP contribution in [0.5, 0.6) is 0 Å². The van der Waals surface area contributed by atoms with Gasteiger partial charge in [-0.3, -0.25) is 9.69 Å². The molecule has 0 radical (unpaired) electrons. The highest BCUT2D eigenvalue weighted by Crippen LogP contribution is 2.22. The molecule has 0 spiro atoms. The molecule has 2 aromatic carbocycles. The molecule has 0 saturated carbocycles. The summed E-state index contributed by atoms with van der Waals surface area (Å²) in [5, 5.41) is 3.14. The van der Waals surface area contributed by atoms with Crippen molar-refractivity contribution in [1.82, 2.24) is 10.2 Å². The summed E-state index contributed by atoms with van der Waals surface area (Å²) in [7, 11) is 0. The molecule has 1 aliphatic rings. The van der Waals surface area contributed by atoms with Crippen molar-refractivity contribution < 1.29 is 9.53 Å². The highest BCUT2D eigenvalue weighted by molar-refractivity contribution is 5.76. The molecule has 1 aliphatic heterocycles. The number of ether oxygens (including phenoxy) is 1. The van der Waals surface area contributed by atoms with Gasteiger partial charge in [-0.2, -0.15) is 0 Å². The van der Waals surface area contributed by atoms with Crippen molar-refractivity contribution in [2.45, 2.75) is 25.8 Å². The van der Waals surface area contributed by atoms with Crippen molar-refractivity contribution in [2.24, 2.45) is 0 Å². The summed E-state index contributed by atoms with van der Waals surface area (Å²) >= 11 is 0. The van der Waals surface area contributed by atoms with E-state index >= 15 is 0 Å². The van der Waals surface area contributed by atoms with Gasteiger partial charge >= 0.3 is 0 Å². The Bertz CT molecular complexity index is 679. The second kappa shape index (κ2) is 9.51. The van der Waals surface area contributed by atoms with Crippen molar-refractivity contribution >= 4 is 5.91 Å². The van der Waals surface area contributed by atoms with E-state index in [0.29, 0.717) is 13.0 Å². The molecule has 2 aromatic rings. The SMILES string of the molecule is Cc1ccc([C@H](CNC(=O)CCc2ccccc2)N2CCOCC2)cc1. The van der Waals surface area contributed by atoms with Crippen molar-refractivity contribution in [3.8, 4) is 0 Å². The lowest BCUT2D eigenvalue weighted by atomic mass is 10.0. The van der Waals surface area contributed by atoms with Crippen LogP contribution in [0.3, 0.4) is 0 Å². The maximum absolute atomic E-state index is 12.3. The summed E-state index contributed by atoms with van der Waals surface area (Å²) in [6, 6.07) is 19.0. The minimum atomic E-state index is 0.110. The number of nitrogens with one attached hydrogen (secondary N) is 1. The van der Waals surface area contributed by atoms with Gasteiger partial charge in [-0.1, -0.05) is 60.2 Å². The van der Waals surface area contributed by atoms with E-state index in [4.69, 9.17) is 4.74 Å². The molecule has 4 nitrogen and oxygen atoms in total. The molecule has 1 saturated heterocycles. The Morgan fingerprint density at radius 2 is 1.77 bits per heavy atom. The normalized spacial score (nSPS) is 16.2. The minimum absolute atomic E-state index is 0.110. The maximum atomic E-state index is 12.3. The molecule has 1 atom stereocenters. The Labute approximate surface area is 156 Å². The van der Waals surface area contributed by atoms with E-state index in [1.165, 1.54) is 16.7 Å². The first-order valence-corrected chi connectivity index (χ1v) is 9.41. The standard InChI is InChI=1S/C22H28N2O2/c1-18-7-10-20(11-8-18)21(24-13-15-26-16-14-24)17-23-22(25)12-9-19-5-3-2-4-6-19/h2-8,10-11,21H,9,12-17H2,1H3,(H,23,25)/t21-/m0/s1. The van der Waals surface area contributed by atoms with Gasteiger partial charge in [0.15, 0.2) is 0 Å². The van der Waals surface area contributed by atoms with Crippen LogP contribution in [-0.4, -0.2) is 43.7 Å². The first-order chi connectivity index (χ1) is 12.7. The van der Waals surface area contributed by atoms with Gasteiger partial charge in [0.1, 0.15) is 0 Å². The number of nitrogens with zero attached hydrogens (tertiary/aromatic N) is 1. The Morgan fingerprint density at radius 1 is 1.08 bits per heavy atom. The van der Waals surface area contributed by atoms with E-state index in [-0.39, 0.29) is 11.9 Å². The summed E-state index contributed by atoms with van der Waals surface area (Å²) in [4.78, 5) is 14.7. The van der Waals surface area contributed by atoms with Crippen molar-refractivity contribution in [3.63, 3.8) is 0 Å². The summed E-state index contributed by atoms with van der Waals surface area (Å²) < 4.78 is 5.49. The fraction of sp³-hybridized carbons (Fsp3) is 0.409. The van der Waals surface area contributed by atoms with Crippen LogP contribution in [0, 0.1) is 6.92 Å². The second-order valence-corrected chi connectivity index (χ2v) is 6.86. The summed E-state index contributed by atoms with van der Waals surface area (Å²) in [6.07, 6.45) is 1.30. The first kappa shape index (κ1) is 18.6. The number of amides is 1. The average molecular weight is 352 g/mol. The molecule has 0 aromatic heterocycles. The molecule has 0 unspecified atom stereocenters. The van der Waals surface area contributed by atoms with Gasteiger partial charge in [-0.05, 0) is 24.5 Å². The molecule has 1 N–H and O–H groups in total.